The van der Waals surface area contributed by atoms with Crippen molar-refractivity contribution in [3.63, 3.8) is 0 Å². The first-order chi connectivity index (χ1) is 13.5. The van der Waals surface area contributed by atoms with Crippen LogP contribution in [0, 0.1) is 0 Å². The van der Waals surface area contributed by atoms with Gasteiger partial charge in [-0.15, -0.1) is 24.0 Å². The van der Waals surface area contributed by atoms with Crippen LogP contribution >= 0.6 is 24.0 Å². The standard InChI is InChI=1S/C21H35N3O3S.HI/c1-3-22-21(23-15-7-17-27-19-8-5-4-6-9-19)24-16-14-18-10-12-20(13-11-18)28(2,25)26;/h10-13,19H,3-9,14-17H2,1-2H3,(H2,22,23,24);1H. The number of nitrogens with zero attached hydrogens (tertiary/aromatic N) is 1. The number of guanidine groups is 1. The summed E-state index contributed by atoms with van der Waals surface area (Å²) in [5.41, 5.74) is 1.09. The van der Waals surface area contributed by atoms with E-state index in [1.807, 2.05) is 19.1 Å². The van der Waals surface area contributed by atoms with Gasteiger partial charge in [0, 0.05) is 32.5 Å². The van der Waals surface area contributed by atoms with Crippen LogP contribution < -0.4 is 10.6 Å². The third kappa shape index (κ3) is 10.6. The molecule has 1 aromatic carbocycles. The fourth-order valence-corrected chi connectivity index (χ4v) is 3.94. The van der Waals surface area contributed by atoms with E-state index in [0.717, 1.165) is 50.6 Å². The molecule has 1 saturated carbocycles. The average Bonchev–Trinajstić information content (AvgIpc) is 2.68. The summed E-state index contributed by atoms with van der Waals surface area (Å²) >= 11 is 0. The van der Waals surface area contributed by atoms with E-state index in [1.54, 1.807) is 12.1 Å². The van der Waals surface area contributed by atoms with E-state index < -0.39 is 9.84 Å². The first-order valence-electron chi connectivity index (χ1n) is 10.4. The summed E-state index contributed by atoms with van der Waals surface area (Å²) < 4.78 is 29.0. The molecule has 1 aliphatic carbocycles. The molecule has 0 radical (unpaired) electrons. The molecule has 0 bridgehead atoms. The zero-order chi connectivity index (χ0) is 20.2. The topological polar surface area (TPSA) is 79.8 Å². The van der Waals surface area contributed by atoms with Crippen molar-refractivity contribution in [3.8, 4) is 0 Å². The summed E-state index contributed by atoms with van der Waals surface area (Å²) in [5, 5.41) is 6.59. The van der Waals surface area contributed by atoms with Crippen LogP contribution in [0.15, 0.2) is 34.2 Å². The lowest BCUT2D eigenvalue weighted by Crippen LogP contribution is -2.38. The van der Waals surface area contributed by atoms with Crippen molar-refractivity contribution in [1.29, 1.82) is 0 Å². The first-order valence-corrected chi connectivity index (χ1v) is 12.3. The average molecular weight is 538 g/mol. The molecular formula is C21H36IN3O3S. The van der Waals surface area contributed by atoms with Gasteiger partial charge in [-0.1, -0.05) is 31.4 Å². The highest BCUT2D eigenvalue weighted by Gasteiger charge is 2.13. The molecule has 0 heterocycles. The van der Waals surface area contributed by atoms with E-state index in [-0.39, 0.29) is 24.0 Å². The molecule has 0 aliphatic heterocycles. The van der Waals surface area contributed by atoms with Crippen LogP contribution in [-0.4, -0.2) is 53.0 Å². The molecule has 166 valence electrons. The van der Waals surface area contributed by atoms with Gasteiger partial charge in [0.05, 0.1) is 11.0 Å². The highest BCUT2D eigenvalue weighted by molar-refractivity contribution is 14.0. The van der Waals surface area contributed by atoms with Crippen molar-refractivity contribution in [2.24, 2.45) is 4.99 Å². The second-order valence-electron chi connectivity index (χ2n) is 7.34. The third-order valence-electron chi connectivity index (χ3n) is 4.88. The van der Waals surface area contributed by atoms with Gasteiger partial charge in [-0.05, 0) is 50.3 Å². The predicted octanol–water partition coefficient (Wildman–Crippen LogP) is 3.55. The number of sulfone groups is 1. The number of ether oxygens (including phenoxy) is 1. The number of aliphatic imine (C=N–C) groups is 1. The van der Waals surface area contributed by atoms with Gasteiger partial charge in [-0.25, -0.2) is 8.42 Å². The van der Waals surface area contributed by atoms with Gasteiger partial charge in [0.15, 0.2) is 15.8 Å². The minimum atomic E-state index is -3.14. The molecule has 0 saturated heterocycles. The Kier molecular flexibility index (Phi) is 12.8. The largest absolute Gasteiger partial charge is 0.378 e. The fraction of sp³-hybridized carbons (Fsp3) is 0.667. The minimum Gasteiger partial charge on any atom is -0.378 e. The Bertz CT molecular complexity index is 702. The molecule has 2 rings (SSSR count). The number of nitrogens with one attached hydrogen (secondary N) is 2. The molecule has 29 heavy (non-hydrogen) atoms. The molecule has 0 aromatic heterocycles. The van der Waals surface area contributed by atoms with Crippen LogP contribution in [0.5, 0.6) is 0 Å². The maximum absolute atomic E-state index is 11.5. The zero-order valence-electron chi connectivity index (χ0n) is 17.7. The summed E-state index contributed by atoms with van der Waals surface area (Å²) in [4.78, 5) is 4.96. The molecule has 0 unspecified atom stereocenters. The molecule has 6 nitrogen and oxygen atoms in total. The molecule has 2 N–H and O–H groups in total. The third-order valence-corrected chi connectivity index (χ3v) is 6.01. The van der Waals surface area contributed by atoms with Crippen LogP contribution in [-0.2, 0) is 21.0 Å². The molecule has 0 amide bonds. The lowest BCUT2D eigenvalue weighted by Gasteiger charge is -2.21. The summed E-state index contributed by atoms with van der Waals surface area (Å²) in [6.07, 6.45) is 9.78. The number of benzene rings is 1. The molecule has 1 aromatic rings. The minimum absolute atomic E-state index is 0. The van der Waals surface area contributed by atoms with Gasteiger partial charge in [0.2, 0.25) is 0 Å². The Hall–Kier alpha value is -0.870. The number of hydrogen-bond donors (Lipinski definition) is 2. The summed E-state index contributed by atoms with van der Waals surface area (Å²) in [7, 11) is -3.14. The van der Waals surface area contributed by atoms with Crippen LogP contribution in [0.3, 0.4) is 0 Å². The molecule has 0 spiro atoms. The molecule has 1 fully saturated rings. The van der Waals surface area contributed by atoms with E-state index in [2.05, 4.69) is 15.6 Å². The van der Waals surface area contributed by atoms with Gasteiger partial charge in [-0.3, -0.25) is 4.99 Å². The monoisotopic (exact) mass is 537 g/mol. The highest BCUT2D eigenvalue weighted by Crippen LogP contribution is 2.20. The van der Waals surface area contributed by atoms with Crippen molar-refractivity contribution in [3.05, 3.63) is 29.8 Å². The fourth-order valence-electron chi connectivity index (χ4n) is 3.31. The van der Waals surface area contributed by atoms with Gasteiger partial charge in [-0.2, -0.15) is 0 Å². The Morgan fingerprint density at radius 1 is 1.14 bits per heavy atom. The van der Waals surface area contributed by atoms with Crippen LogP contribution in [0.1, 0.15) is 51.0 Å². The van der Waals surface area contributed by atoms with E-state index in [0.29, 0.717) is 11.0 Å². The predicted molar refractivity (Wildman–Crippen MR) is 130 cm³/mol. The molecule has 1 aliphatic rings. The highest BCUT2D eigenvalue weighted by atomic mass is 127. The summed E-state index contributed by atoms with van der Waals surface area (Å²) in [5.74, 6) is 0.813. The van der Waals surface area contributed by atoms with Crippen molar-refractivity contribution >= 4 is 39.8 Å². The van der Waals surface area contributed by atoms with Crippen LogP contribution in [0.4, 0.5) is 0 Å². The lowest BCUT2D eigenvalue weighted by molar-refractivity contribution is 0.0281. The van der Waals surface area contributed by atoms with E-state index in [4.69, 9.17) is 4.74 Å². The van der Waals surface area contributed by atoms with E-state index >= 15 is 0 Å². The number of rotatable bonds is 10. The number of halogens is 1. The Morgan fingerprint density at radius 2 is 1.83 bits per heavy atom. The van der Waals surface area contributed by atoms with Gasteiger partial charge in [0.1, 0.15) is 0 Å². The van der Waals surface area contributed by atoms with Crippen LogP contribution in [0.25, 0.3) is 0 Å². The van der Waals surface area contributed by atoms with E-state index in [9.17, 15) is 8.42 Å². The smallest absolute Gasteiger partial charge is 0.191 e. The first kappa shape index (κ1) is 26.2. The van der Waals surface area contributed by atoms with Gasteiger partial charge < -0.3 is 15.4 Å². The van der Waals surface area contributed by atoms with Crippen LogP contribution in [0.2, 0.25) is 0 Å². The zero-order valence-corrected chi connectivity index (χ0v) is 20.8. The molecule has 8 heteroatoms. The Balaban J connectivity index is 0.00000420. The second-order valence-corrected chi connectivity index (χ2v) is 9.35. The van der Waals surface area contributed by atoms with Gasteiger partial charge in [0.25, 0.3) is 0 Å². The molecule has 0 atom stereocenters. The van der Waals surface area contributed by atoms with Gasteiger partial charge >= 0.3 is 0 Å². The normalized spacial score (nSPS) is 15.6. The molecular weight excluding hydrogens is 501 g/mol. The second kappa shape index (κ2) is 14.2. The Labute approximate surface area is 193 Å². The summed E-state index contributed by atoms with van der Waals surface area (Å²) in [6.45, 7) is 5.12. The number of hydrogen-bond acceptors (Lipinski definition) is 4. The van der Waals surface area contributed by atoms with Crippen molar-refractivity contribution in [1.82, 2.24) is 10.6 Å². The maximum Gasteiger partial charge on any atom is 0.191 e. The van der Waals surface area contributed by atoms with Crippen molar-refractivity contribution in [2.45, 2.75) is 62.9 Å². The summed E-state index contributed by atoms with van der Waals surface area (Å²) in [6, 6.07) is 7.06. The van der Waals surface area contributed by atoms with Crippen molar-refractivity contribution in [2.75, 3.05) is 32.5 Å². The maximum atomic E-state index is 11.5. The quantitative estimate of drug-likeness (QED) is 0.207. The van der Waals surface area contributed by atoms with Crippen molar-refractivity contribution < 1.29 is 13.2 Å². The Morgan fingerprint density at radius 3 is 2.45 bits per heavy atom. The SMILES string of the molecule is CCNC(=NCCCOC1CCCCC1)NCCc1ccc(S(C)(=O)=O)cc1.I. The lowest BCUT2D eigenvalue weighted by atomic mass is 9.98. The van der Waals surface area contributed by atoms with E-state index in [1.165, 1.54) is 38.4 Å².